The Balaban J connectivity index is 1.88. The second-order valence-corrected chi connectivity index (χ2v) is 6.62. The zero-order valence-corrected chi connectivity index (χ0v) is 12.6. The van der Waals surface area contributed by atoms with Crippen molar-refractivity contribution in [2.75, 3.05) is 7.05 Å². The lowest BCUT2D eigenvalue weighted by atomic mass is 9.74. The van der Waals surface area contributed by atoms with E-state index >= 15 is 0 Å². The quantitative estimate of drug-likeness (QED) is 0.787. The van der Waals surface area contributed by atoms with Gasteiger partial charge in [0.1, 0.15) is 6.17 Å². The smallest absolute Gasteiger partial charge is 0.117 e. The summed E-state index contributed by atoms with van der Waals surface area (Å²) in [5.74, 6) is 1.03. The van der Waals surface area contributed by atoms with E-state index in [1.54, 1.807) is 0 Å². The predicted octanol–water partition coefficient (Wildman–Crippen LogP) is 4.39. The number of fused-ring (bicyclic) bond motifs is 2. The van der Waals surface area contributed by atoms with Crippen molar-refractivity contribution >= 4 is 0 Å². The SMILES string of the molecule is CCCC[C@@H]1C2[C@@H](F)CC(C[C@@H]1c1ccccc1)N2C. The van der Waals surface area contributed by atoms with Crippen molar-refractivity contribution in [1.29, 1.82) is 0 Å². The molecule has 20 heavy (non-hydrogen) atoms. The highest BCUT2D eigenvalue weighted by molar-refractivity contribution is 5.24. The Morgan fingerprint density at radius 3 is 2.65 bits per heavy atom. The number of benzene rings is 1. The van der Waals surface area contributed by atoms with E-state index in [0.29, 0.717) is 17.9 Å². The molecule has 3 rings (SSSR count). The zero-order chi connectivity index (χ0) is 14.1. The number of hydrogen-bond donors (Lipinski definition) is 0. The van der Waals surface area contributed by atoms with E-state index in [0.717, 1.165) is 19.3 Å². The molecule has 0 amide bonds. The van der Waals surface area contributed by atoms with Gasteiger partial charge in [0.05, 0.1) is 0 Å². The van der Waals surface area contributed by atoms with Gasteiger partial charge in [-0.25, -0.2) is 4.39 Å². The van der Waals surface area contributed by atoms with Crippen molar-refractivity contribution in [3.8, 4) is 0 Å². The van der Waals surface area contributed by atoms with Crippen LogP contribution in [0.5, 0.6) is 0 Å². The molecule has 0 spiro atoms. The molecule has 0 aliphatic carbocycles. The van der Waals surface area contributed by atoms with Gasteiger partial charge in [-0.15, -0.1) is 0 Å². The normalized spacial score (nSPS) is 37.2. The van der Waals surface area contributed by atoms with Crippen molar-refractivity contribution in [2.45, 2.75) is 63.2 Å². The van der Waals surface area contributed by atoms with Gasteiger partial charge in [-0.05, 0) is 43.7 Å². The van der Waals surface area contributed by atoms with Crippen LogP contribution in [0.4, 0.5) is 4.39 Å². The monoisotopic (exact) mass is 275 g/mol. The molecule has 2 heterocycles. The number of alkyl halides is 1. The maximum Gasteiger partial charge on any atom is 0.117 e. The highest BCUT2D eigenvalue weighted by Crippen LogP contribution is 2.48. The van der Waals surface area contributed by atoms with Crippen LogP contribution in [0.3, 0.4) is 0 Å². The summed E-state index contributed by atoms with van der Waals surface area (Å²) in [7, 11) is 2.13. The predicted molar refractivity (Wildman–Crippen MR) is 81.7 cm³/mol. The molecule has 1 aromatic rings. The van der Waals surface area contributed by atoms with Crippen LogP contribution >= 0.6 is 0 Å². The summed E-state index contributed by atoms with van der Waals surface area (Å²) in [6.07, 6.45) is 4.84. The molecule has 0 radical (unpaired) electrons. The van der Waals surface area contributed by atoms with E-state index in [1.807, 2.05) is 0 Å². The molecule has 2 aliphatic heterocycles. The first-order chi connectivity index (χ1) is 9.72. The fourth-order valence-electron chi connectivity index (χ4n) is 4.50. The Kier molecular flexibility index (Phi) is 4.11. The van der Waals surface area contributed by atoms with E-state index < -0.39 is 6.17 Å². The first kappa shape index (κ1) is 14.1. The molecule has 2 bridgehead atoms. The largest absolute Gasteiger partial charge is 0.297 e. The number of halogens is 1. The summed E-state index contributed by atoms with van der Waals surface area (Å²) < 4.78 is 14.5. The van der Waals surface area contributed by atoms with Crippen molar-refractivity contribution in [3.63, 3.8) is 0 Å². The molecule has 2 fully saturated rings. The molecular formula is C18H26FN. The van der Waals surface area contributed by atoms with Gasteiger partial charge in [0.25, 0.3) is 0 Å². The van der Waals surface area contributed by atoms with Gasteiger partial charge in [0, 0.05) is 12.1 Å². The summed E-state index contributed by atoms with van der Waals surface area (Å²) in [5, 5.41) is 0. The third-order valence-electron chi connectivity index (χ3n) is 5.51. The Hall–Kier alpha value is -0.890. The zero-order valence-electron chi connectivity index (χ0n) is 12.6. The standard InChI is InChI=1S/C18H26FN/c1-3-4-10-15-16(13-8-6-5-7-9-13)11-14-12-17(19)18(15)20(14)2/h5-9,14-18H,3-4,10-12H2,1-2H3/t14?,15-,16+,17-,18?/m0/s1. The van der Waals surface area contributed by atoms with Gasteiger partial charge in [-0.3, -0.25) is 4.90 Å². The van der Waals surface area contributed by atoms with Crippen LogP contribution in [0, 0.1) is 5.92 Å². The fourth-order valence-corrected chi connectivity index (χ4v) is 4.50. The van der Waals surface area contributed by atoms with Gasteiger partial charge < -0.3 is 0 Å². The lowest BCUT2D eigenvalue weighted by Gasteiger charge is -2.43. The fraction of sp³-hybridized carbons (Fsp3) is 0.667. The number of rotatable bonds is 4. The Morgan fingerprint density at radius 2 is 1.95 bits per heavy atom. The molecule has 1 aromatic carbocycles. The van der Waals surface area contributed by atoms with E-state index in [-0.39, 0.29) is 6.04 Å². The van der Waals surface area contributed by atoms with E-state index in [1.165, 1.54) is 18.4 Å². The molecular weight excluding hydrogens is 249 g/mol. The first-order valence-corrected chi connectivity index (χ1v) is 8.13. The average Bonchev–Trinajstić information content (AvgIpc) is 2.66. The highest BCUT2D eigenvalue weighted by atomic mass is 19.1. The van der Waals surface area contributed by atoms with E-state index in [2.05, 4.69) is 49.2 Å². The highest BCUT2D eigenvalue weighted by Gasteiger charge is 2.50. The number of unbranched alkanes of at least 4 members (excludes halogenated alkanes) is 1. The van der Waals surface area contributed by atoms with Gasteiger partial charge in [-0.2, -0.15) is 0 Å². The van der Waals surface area contributed by atoms with Crippen LogP contribution in [0.2, 0.25) is 0 Å². The second kappa shape index (κ2) is 5.85. The molecule has 2 aliphatic rings. The van der Waals surface area contributed by atoms with Gasteiger partial charge in [0.15, 0.2) is 0 Å². The summed E-state index contributed by atoms with van der Waals surface area (Å²) >= 11 is 0. The molecule has 1 nitrogen and oxygen atoms in total. The Bertz CT molecular complexity index is 432. The lowest BCUT2D eigenvalue weighted by molar-refractivity contribution is 0.0697. The minimum atomic E-state index is -0.624. The third kappa shape index (κ3) is 2.39. The minimum Gasteiger partial charge on any atom is -0.297 e. The van der Waals surface area contributed by atoms with Crippen LogP contribution in [-0.4, -0.2) is 30.2 Å². The number of hydrogen-bond acceptors (Lipinski definition) is 1. The lowest BCUT2D eigenvalue weighted by Crippen LogP contribution is -2.47. The van der Waals surface area contributed by atoms with Crippen molar-refractivity contribution in [2.24, 2.45) is 5.92 Å². The molecule has 0 saturated carbocycles. The first-order valence-electron chi connectivity index (χ1n) is 8.13. The molecule has 110 valence electrons. The second-order valence-electron chi connectivity index (χ2n) is 6.62. The van der Waals surface area contributed by atoms with Crippen molar-refractivity contribution in [3.05, 3.63) is 35.9 Å². The summed E-state index contributed by atoms with van der Waals surface area (Å²) in [5.41, 5.74) is 1.42. The Morgan fingerprint density at radius 1 is 1.20 bits per heavy atom. The number of piperidine rings is 1. The van der Waals surface area contributed by atoms with Crippen LogP contribution in [0.25, 0.3) is 0 Å². The van der Waals surface area contributed by atoms with Gasteiger partial charge in [0.2, 0.25) is 0 Å². The average molecular weight is 275 g/mol. The molecule has 5 atom stereocenters. The maximum absolute atomic E-state index is 14.5. The topological polar surface area (TPSA) is 3.24 Å². The van der Waals surface area contributed by atoms with Gasteiger partial charge in [-0.1, -0.05) is 50.1 Å². The minimum absolute atomic E-state index is 0.144. The van der Waals surface area contributed by atoms with E-state index in [9.17, 15) is 4.39 Å². The van der Waals surface area contributed by atoms with Crippen LogP contribution in [0.15, 0.2) is 30.3 Å². The van der Waals surface area contributed by atoms with Crippen LogP contribution in [-0.2, 0) is 0 Å². The van der Waals surface area contributed by atoms with Crippen LogP contribution in [0.1, 0.15) is 50.5 Å². The Labute approximate surface area is 122 Å². The molecule has 2 unspecified atom stereocenters. The molecule has 0 aromatic heterocycles. The van der Waals surface area contributed by atoms with Crippen molar-refractivity contribution in [1.82, 2.24) is 4.90 Å². The summed E-state index contributed by atoms with van der Waals surface area (Å²) in [4.78, 5) is 2.34. The third-order valence-corrected chi connectivity index (χ3v) is 5.51. The maximum atomic E-state index is 14.5. The van der Waals surface area contributed by atoms with Crippen LogP contribution < -0.4 is 0 Å². The molecule has 2 saturated heterocycles. The number of nitrogens with zero attached hydrogens (tertiary/aromatic N) is 1. The van der Waals surface area contributed by atoms with Crippen molar-refractivity contribution < 1.29 is 4.39 Å². The van der Waals surface area contributed by atoms with E-state index in [4.69, 9.17) is 0 Å². The molecule has 2 heteroatoms. The summed E-state index contributed by atoms with van der Waals surface area (Å²) in [6, 6.07) is 11.4. The summed E-state index contributed by atoms with van der Waals surface area (Å²) in [6.45, 7) is 2.23. The molecule has 0 N–H and O–H groups in total. The van der Waals surface area contributed by atoms with Gasteiger partial charge >= 0.3 is 0 Å².